The molecule has 0 atom stereocenters. The van der Waals surface area contributed by atoms with Gasteiger partial charge in [0.2, 0.25) is 0 Å². The van der Waals surface area contributed by atoms with Gasteiger partial charge in [-0.3, -0.25) is 9.69 Å². The van der Waals surface area contributed by atoms with E-state index in [9.17, 15) is 4.79 Å². The second-order valence-electron chi connectivity index (χ2n) is 10.6. The lowest BCUT2D eigenvalue weighted by atomic mass is 9.86. The maximum Gasteiger partial charge on any atom is 0.267 e. The first kappa shape index (κ1) is 26.1. The second-order valence-corrected chi connectivity index (χ2v) is 11.6. The van der Waals surface area contributed by atoms with Gasteiger partial charge >= 0.3 is 0 Å². The number of fused-ring (bicyclic) bond motifs is 1. The van der Waals surface area contributed by atoms with Crippen LogP contribution >= 0.6 is 11.8 Å². The van der Waals surface area contributed by atoms with Crippen LogP contribution in [0.4, 0.5) is 11.4 Å². The SMILES string of the molecule is CCCN1c2cc(C)c(/C=C3/SC(=Nc4ccccc4)N(Cc4ccccc4)C3=O)cc2C(C)=CC1(C)C. The van der Waals surface area contributed by atoms with Crippen LogP contribution in [-0.2, 0) is 11.3 Å². The molecule has 0 unspecified atom stereocenters. The Morgan fingerprint density at radius 1 is 0.974 bits per heavy atom. The Kier molecular flexibility index (Phi) is 7.31. The molecular formula is C33H35N3OS. The summed E-state index contributed by atoms with van der Waals surface area (Å²) in [5.74, 6) is -0.00772. The van der Waals surface area contributed by atoms with Gasteiger partial charge in [0, 0.05) is 17.8 Å². The summed E-state index contributed by atoms with van der Waals surface area (Å²) in [6, 6.07) is 24.5. The van der Waals surface area contributed by atoms with Gasteiger partial charge in [0.05, 0.1) is 22.7 Å². The number of benzene rings is 3. The van der Waals surface area contributed by atoms with Gasteiger partial charge in [0.15, 0.2) is 5.17 Å². The minimum Gasteiger partial charge on any atom is -0.362 e. The first-order valence-corrected chi connectivity index (χ1v) is 14.1. The summed E-state index contributed by atoms with van der Waals surface area (Å²) in [7, 11) is 0. The molecule has 0 bridgehead atoms. The number of aryl methyl sites for hydroxylation is 1. The fourth-order valence-corrected chi connectivity index (χ4v) is 6.27. The molecule has 38 heavy (non-hydrogen) atoms. The molecular weight excluding hydrogens is 486 g/mol. The summed E-state index contributed by atoms with van der Waals surface area (Å²) in [5, 5.41) is 0.707. The number of para-hydroxylation sites is 1. The maximum atomic E-state index is 13.7. The number of hydrogen-bond acceptors (Lipinski definition) is 4. The van der Waals surface area contributed by atoms with E-state index in [0.717, 1.165) is 29.8 Å². The van der Waals surface area contributed by atoms with Crippen LogP contribution in [0.25, 0.3) is 11.6 Å². The van der Waals surface area contributed by atoms with Gasteiger partial charge < -0.3 is 4.90 Å². The van der Waals surface area contributed by atoms with Gasteiger partial charge in [-0.05, 0) is 98.5 Å². The van der Waals surface area contributed by atoms with Crippen molar-refractivity contribution in [1.82, 2.24) is 4.90 Å². The number of hydrogen-bond donors (Lipinski definition) is 0. The van der Waals surface area contributed by atoms with E-state index in [1.54, 1.807) is 4.90 Å². The third kappa shape index (κ3) is 5.21. The molecule has 5 heteroatoms. The van der Waals surface area contributed by atoms with Crippen LogP contribution in [-0.4, -0.2) is 28.1 Å². The summed E-state index contributed by atoms with van der Waals surface area (Å²) in [5.41, 5.74) is 7.92. The van der Waals surface area contributed by atoms with Crippen LogP contribution in [0.15, 0.2) is 88.8 Å². The minimum atomic E-state index is -0.0302. The highest BCUT2D eigenvalue weighted by Crippen LogP contribution is 2.42. The van der Waals surface area contributed by atoms with E-state index in [1.165, 1.54) is 34.1 Å². The van der Waals surface area contributed by atoms with E-state index in [-0.39, 0.29) is 11.4 Å². The highest BCUT2D eigenvalue weighted by molar-refractivity contribution is 8.18. The van der Waals surface area contributed by atoms with Crippen molar-refractivity contribution in [3.05, 3.63) is 106 Å². The molecule has 3 aromatic carbocycles. The summed E-state index contributed by atoms with van der Waals surface area (Å²) < 4.78 is 0. The Labute approximate surface area is 230 Å². The number of nitrogens with zero attached hydrogens (tertiary/aromatic N) is 3. The number of amides is 1. The number of aliphatic imine (C=N–C) groups is 1. The van der Waals surface area contributed by atoms with Crippen molar-refractivity contribution in [2.24, 2.45) is 4.99 Å². The second kappa shape index (κ2) is 10.7. The van der Waals surface area contributed by atoms with Gasteiger partial charge in [-0.25, -0.2) is 4.99 Å². The monoisotopic (exact) mass is 521 g/mol. The fraction of sp³-hybridized carbons (Fsp3) is 0.273. The van der Waals surface area contributed by atoms with Gasteiger partial charge in [-0.15, -0.1) is 0 Å². The Morgan fingerprint density at radius 2 is 1.66 bits per heavy atom. The van der Waals surface area contributed by atoms with E-state index in [0.29, 0.717) is 16.6 Å². The number of amidine groups is 1. The molecule has 194 valence electrons. The fourth-order valence-electron chi connectivity index (χ4n) is 5.28. The average Bonchev–Trinajstić information content (AvgIpc) is 3.17. The molecule has 0 radical (unpaired) electrons. The molecule has 0 spiro atoms. The largest absolute Gasteiger partial charge is 0.362 e. The number of allylic oxidation sites excluding steroid dienone is 1. The average molecular weight is 522 g/mol. The minimum absolute atomic E-state index is 0.00772. The predicted molar refractivity (Wildman–Crippen MR) is 163 cm³/mol. The molecule has 0 aromatic heterocycles. The Balaban J connectivity index is 1.54. The third-order valence-electron chi connectivity index (χ3n) is 7.15. The molecule has 0 saturated carbocycles. The molecule has 2 heterocycles. The number of anilines is 1. The van der Waals surface area contributed by atoms with E-state index in [4.69, 9.17) is 4.99 Å². The molecule has 1 amide bonds. The van der Waals surface area contributed by atoms with Gasteiger partial charge in [-0.2, -0.15) is 0 Å². The summed E-state index contributed by atoms with van der Waals surface area (Å²) in [6.07, 6.45) is 5.50. The normalized spacial score (nSPS) is 18.8. The number of thioether (sulfide) groups is 1. The summed E-state index contributed by atoms with van der Waals surface area (Å²) in [6.45, 7) is 12.6. The lowest BCUT2D eigenvalue weighted by Crippen LogP contribution is -2.45. The third-order valence-corrected chi connectivity index (χ3v) is 8.16. The zero-order valence-corrected chi connectivity index (χ0v) is 23.7. The van der Waals surface area contributed by atoms with Gasteiger partial charge in [0.1, 0.15) is 0 Å². The van der Waals surface area contributed by atoms with Crippen molar-refractivity contribution in [2.45, 2.75) is 53.1 Å². The van der Waals surface area contributed by atoms with Gasteiger partial charge in [0.25, 0.3) is 5.91 Å². The van der Waals surface area contributed by atoms with E-state index < -0.39 is 0 Å². The molecule has 0 N–H and O–H groups in total. The van der Waals surface area contributed by atoms with Crippen LogP contribution in [0.1, 0.15) is 56.4 Å². The van der Waals surface area contributed by atoms with Crippen LogP contribution in [0.2, 0.25) is 0 Å². The highest BCUT2D eigenvalue weighted by atomic mass is 32.2. The molecule has 0 aliphatic carbocycles. The molecule has 5 rings (SSSR count). The zero-order chi connectivity index (χ0) is 26.9. The highest BCUT2D eigenvalue weighted by Gasteiger charge is 2.34. The molecule has 3 aromatic rings. The van der Waals surface area contributed by atoms with E-state index in [2.05, 4.69) is 57.7 Å². The van der Waals surface area contributed by atoms with Crippen LogP contribution < -0.4 is 4.90 Å². The standard InChI is InChI=1S/C33H35N3OS/c1-6-17-36-29-18-23(2)26(19-28(29)24(3)21-33(36,4)5)20-30-31(37)35(22-25-13-9-7-10-14-25)32(38-30)34-27-15-11-8-12-16-27/h7-16,18-21H,6,17,22H2,1-5H3/b30-20+,34-32?. The van der Waals surface area contributed by atoms with Crippen molar-refractivity contribution in [3.63, 3.8) is 0 Å². The maximum absolute atomic E-state index is 13.7. The number of carbonyl (C=O) groups excluding carboxylic acids is 1. The smallest absolute Gasteiger partial charge is 0.267 e. The molecule has 1 fully saturated rings. The van der Waals surface area contributed by atoms with Crippen LogP contribution in [0.3, 0.4) is 0 Å². The first-order chi connectivity index (χ1) is 18.3. The van der Waals surface area contributed by atoms with Crippen molar-refractivity contribution >= 4 is 45.9 Å². The summed E-state index contributed by atoms with van der Waals surface area (Å²) in [4.78, 5) is 23.6. The Morgan fingerprint density at radius 3 is 2.34 bits per heavy atom. The van der Waals surface area contributed by atoms with Crippen LogP contribution in [0.5, 0.6) is 0 Å². The number of carbonyl (C=O) groups is 1. The molecule has 2 aliphatic rings. The lowest BCUT2D eigenvalue weighted by molar-refractivity contribution is -0.122. The Bertz CT molecular complexity index is 1440. The summed E-state index contributed by atoms with van der Waals surface area (Å²) >= 11 is 1.45. The zero-order valence-electron chi connectivity index (χ0n) is 22.9. The van der Waals surface area contributed by atoms with E-state index >= 15 is 0 Å². The van der Waals surface area contributed by atoms with Crippen molar-refractivity contribution in [1.29, 1.82) is 0 Å². The lowest BCUT2D eigenvalue weighted by Gasteiger charge is -2.43. The topological polar surface area (TPSA) is 35.9 Å². The molecule has 2 aliphatic heterocycles. The van der Waals surface area contributed by atoms with E-state index in [1.807, 2.05) is 66.7 Å². The Hall–Kier alpha value is -3.57. The van der Waals surface area contributed by atoms with Crippen LogP contribution in [0, 0.1) is 6.92 Å². The first-order valence-electron chi connectivity index (χ1n) is 13.3. The van der Waals surface area contributed by atoms with Gasteiger partial charge in [-0.1, -0.05) is 61.5 Å². The van der Waals surface area contributed by atoms with Crippen molar-refractivity contribution < 1.29 is 4.79 Å². The molecule has 4 nitrogen and oxygen atoms in total. The number of rotatable bonds is 6. The quantitative estimate of drug-likeness (QED) is 0.307. The predicted octanol–water partition coefficient (Wildman–Crippen LogP) is 8.21. The van der Waals surface area contributed by atoms with Crippen molar-refractivity contribution in [3.8, 4) is 0 Å². The molecule has 1 saturated heterocycles. The van der Waals surface area contributed by atoms with Crippen molar-refractivity contribution in [2.75, 3.05) is 11.4 Å².